The van der Waals surface area contributed by atoms with E-state index in [2.05, 4.69) is 27.7 Å². The predicted molar refractivity (Wildman–Crippen MR) is 51.1 cm³/mol. The number of hydrogen-bond acceptors (Lipinski definition) is 0. The molecule has 1 rings (SSSR count). The summed E-state index contributed by atoms with van der Waals surface area (Å²) in [5, 5.41) is 0. The van der Waals surface area contributed by atoms with E-state index in [4.69, 9.17) is 0 Å². The maximum Gasteiger partial charge on any atom is 0.132 e. The Hall–Kier alpha value is -0.140. The van der Waals surface area contributed by atoms with E-state index < -0.39 is 12.3 Å². The van der Waals surface area contributed by atoms with E-state index in [-0.39, 0.29) is 5.41 Å². The van der Waals surface area contributed by atoms with Gasteiger partial charge in [-0.3, -0.25) is 0 Å². The molecule has 1 fully saturated rings. The van der Waals surface area contributed by atoms with Crippen molar-refractivity contribution in [3.05, 3.63) is 0 Å². The standard InChI is InChI=1S/C11H20F2/c1-7(2)11(8(3)4)5-9(12)10(13)6-11/h7-10H,5-6H2,1-4H3. The molecule has 1 aliphatic carbocycles. The Kier molecular flexibility index (Phi) is 2.98. The normalized spacial score (nSPS) is 33.2. The summed E-state index contributed by atoms with van der Waals surface area (Å²) in [4.78, 5) is 0. The fraction of sp³-hybridized carbons (Fsp3) is 1.00. The third-order valence-electron chi connectivity index (χ3n) is 3.84. The molecular formula is C11H20F2. The molecule has 0 bridgehead atoms. The monoisotopic (exact) mass is 190 g/mol. The first-order valence-electron chi connectivity index (χ1n) is 5.18. The largest absolute Gasteiger partial charge is 0.244 e. The summed E-state index contributed by atoms with van der Waals surface area (Å²) in [6.45, 7) is 8.30. The Morgan fingerprint density at radius 3 is 1.38 bits per heavy atom. The van der Waals surface area contributed by atoms with Gasteiger partial charge in [-0.25, -0.2) is 8.78 Å². The molecule has 0 radical (unpaired) electrons. The highest BCUT2D eigenvalue weighted by atomic mass is 19.2. The third kappa shape index (κ3) is 1.72. The van der Waals surface area contributed by atoms with Crippen molar-refractivity contribution in [1.82, 2.24) is 0 Å². The van der Waals surface area contributed by atoms with Crippen molar-refractivity contribution in [1.29, 1.82) is 0 Å². The number of hydrogen-bond donors (Lipinski definition) is 0. The molecule has 1 aliphatic rings. The van der Waals surface area contributed by atoms with Gasteiger partial charge in [-0.15, -0.1) is 0 Å². The minimum atomic E-state index is -1.23. The molecule has 78 valence electrons. The van der Waals surface area contributed by atoms with Gasteiger partial charge in [-0.2, -0.15) is 0 Å². The number of alkyl halides is 2. The van der Waals surface area contributed by atoms with Crippen molar-refractivity contribution in [2.24, 2.45) is 17.3 Å². The molecule has 0 aromatic rings. The van der Waals surface area contributed by atoms with E-state index >= 15 is 0 Å². The van der Waals surface area contributed by atoms with Gasteiger partial charge in [0.15, 0.2) is 0 Å². The molecule has 0 heterocycles. The molecule has 0 aromatic heterocycles. The van der Waals surface area contributed by atoms with Crippen molar-refractivity contribution in [3.63, 3.8) is 0 Å². The average molecular weight is 190 g/mol. The quantitative estimate of drug-likeness (QED) is 0.622. The lowest BCUT2D eigenvalue weighted by Crippen LogP contribution is -2.30. The molecule has 13 heavy (non-hydrogen) atoms. The summed E-state index contributed by atoms with van der Waals surface area (Å²) in [5.74, 6) is 0.734. The highest BCUT2D eigenvalue weighted by Gasteiger charge is 2.49. The molecule has 1 saturated carbocycles. The lowest BCUT2D eigenvalue weighted by atomic mass is 9.68. The Balaban J connectivity index is 2.83. The van der Waals surface area contributed by atoms with Crippen LogP contribution in [0.3, 0.4) is 0 Å². The van der Waals surface area contributed by atoms with Crippen LogP contribution >= 0.6 is 0 Å². The van der Waals surface area contributed by atoms with Crippen LogP contribution in [0.4, 0.5) is 8.78 Å². The summed E-state index contributed by atoms with van der Waals surface area (Å²) in [6, 6.07) is 0. The first-order chi connectivity index (χ1) is 5.90. The zero-order valence-corrected chi connectivity index (χ0v) is 8.98. The fourth-order valence-corrected chi connectivity index (χ4v) is 2.67. The third-order valence-corrected chi connectivity index (χ3v) is 3.84. The van der Waals surface area contributed by atoms with E-state index in [0.717, 1.165) is 0 Å². The van der Waals surface area contributed by atoms with Gasteiger partial charge in [0.25, 0.3) is 0 Å². The fourth-order valence-electron chi connectivity index (χ4n) is 2.67. The van der Waals surface area contributed by atoms with Crippen LogP contribution in [0.5, 0.6) is 0 Å². The summed E-state index contributed by atoms with van der Waals surface area (Å²) < 4.78 is 26.3. The smallest absolute Gasteiger partial charge is 0.132 e. The van der Waals surface area contributed by atoms with Crippen molar-refractivity contribution >= 4 is 0 Å². The highest BCUT2D eigenvalue weighted by molar-refractivity contribution is 4.98. The van der Waals surface area contributed by atoms with Crippen molar-refractivity contribution in [3.8, 4) is 0 Å². The maximum atomic E-state index is 13.2. The summed E-state index contributed by atoms with van der Waals surface area (Å²) in [5.41, 5.74) is -0.112. The average Bonchev–Trinajstić information content (AvgIpc) is 2.29. The van der Waals surface area contributed by atoms with Crippen LogP contribution < -0.4 is 0 Å². The van der Waals surface area contributed by atoms with Gasteiger partial charge < -0.3 is 0 Å². The van der Waals surface area contributed by atoms with Crippen LogP contribution in [-0.4, -0.2) is 12.3 Å². The molecule has 2 atom stereocenters. The van der Waals surface area contributed by atoms with E-state index in [1.54, 1.807) is 0 Å². The Morgan fingerprint density at radius 1 is 0.923 bits per heavy atom. The zero-order valence-electron chi connectivity index (χ0n) is 8.98. The molecular weight excluding hydrogens is 170 g/mol. The van der Waals surface area contributed by atoms with Crippen molar-refractivity contribution in [2.75, 3.05) is 0 Å². The Morgan fingerprint density at radius 2 is 1.23 bits per heavy atom. The topological polar surface area (TPSA) is 0 Å². The highest BCUT2D eigenvalue weighted by Crippen LogP contribution is 2.51. The van der Waals surface area contributed by atoms with Crippen LogP contribution in [0.15, 0.2) is 0 Å². The van der Waals surface area contributed by atoms with Gasteiger partial charge in [-0.05, 0) is 30.1 Å². The zero-order chi connectivity index (χ0) is 10.2. The second-order valence-electron chi connectivity index (χ2n) is 4.98. The molecule has 0 aromatic carbocycles. The van der Waals surface area contributed by atoms with Crippen LogP contribution in [0.2, 0.25) is 0 Å². The van der Waals surface area contributed by atoms with Crippen molar-refractivity contribution < 1.29 is 8.78 Å². The minimum Gasteiger partial charge on any atom is -0.244 e. The lowest BCUT2D eigenvalue weighted by molar-refractivity contribution is 0.106. The SMILES string of the molecule is CC(C)C1(C(C)C)CC(F)C(F)C1. The van der Waals surface area contributed by atoms with Crippen LogP contribution in [-0.2, 0) is 0 Å². The molecule has 0 spiro atoms. The molecule has 0 nitrogen and oxygen atoms in total. The Bertz CT molecular complexity index is 155. The first kappa shape index (κ1) is 10.9. The van der Waals surface area contributed by atoms with Crippen molar-refractivity contribution in [2.45, 2.75) is 52.9 Å². The van der Waals surface area contributed by atoms with Gasteiger partial charge in [0.05, 0.1) is 0 Å². The van der Waals surface area contributed by atoms with Gasteiger partial charge in [0, 0.05) is 0 Å². The second kappa shape index (κ2) is 3.55. The summed E-state index contributed by atoms with van der Waals surface area (Å²) in [7, 11) is 0. The van der Waals surface area contributed by atoms with E-state index in [1.807, 2.05) is 0 Å². The predicted octanol–water partition coefficient (Wildman–Crippen LogP) is 3.75. The molecule has 0 N–H and O–H groups in total. The van der Waals surface area contributed by atoms with Crippen LogP contribution in [0.25, 0.3) is 0 Å². The molecule has 0 amide bonds. The molecule has 0 aliphatic heterocycles. The van der Waals surface area contributed by atoms with Crippen LogP contribution in [0.1, 0.15) is 40.5 Å². The maximum absolute atomic E-state index is 13.2. The first-order valence-corrected chi connectivity index (χ1v) is 5.18. The van der Waals surface area contributed by atoms with E-state index in [0.29, 0.717) is 24.7 Å². The van der Waals surface area contributed by atoms with Gasteiger partial charge in [0.2, 0.25) is 0 Å². The van der Waals surface area contributed by atoms with E-state index in [1.165, 1.54) is 0 Å². The summed E-state index contributed by atoms with van der Waals surface area (Å²) in [6.07, 6.45) is -1.65. The number of rotatable bonds is 2. The van der Waals surface area contributed by atoms with Gasteiger partial charge in [0.1, 0.15) is 12.3 Å². The van der Waals surface area contributed by atoms with Crippen LogP contribution in [0, 0.1) is 17.3 Å². The van der Waals surface area contributed by atoms with Gasteiger partial charge in [-0.1, -0.05) is 27.7 Å². The molecule has 0 saturated heterocycles. The van der Waals surface area contributed by atoms with E-state index in [9.17, 15) is 8.78 Å². The second-order valence-corrected chi connectivity index (χ2v) is 4.98. The van der Waals surface area contributed by atoms with Gasteiger partial charge >= 0.3 is 0 Å². The number of halogens is 2. The summed E-state index contributed by atoms with van der Waals surface area (Å²) >= 11 is 0. The molecule has 2 heteroatoms. The lowest BCUT2D eigenvalue weighted by Gasteiger charge is -2.37. The minimum absolute atomic E-state index is 0.112. The Labute approximate surface area is 79.7 Å². The molecule has 2 unspecified atom stereocenters.